The molecule has 5 nitrogen and oxygen atoms in total. The van der Waals surface area contributed by atoms with Gasteiger partial charge in [0.25, 0.3) is 0 Å². The molecule has 0 N–H and O–H groups in total. The van der Waals surface area contributed by atoms with Gasteiger partial charge in [-0.3, -0.25) is 0 Å². The number of aromatic nitrogens is 3. The second kappa shape index (κ2) is 7.85. The summed E-state index contributed by atoms with van der Waals surface area (Å²) in [5.41, 5.74) is 2.99. The van der Waals surface area contributed by atoms with Gasteiger partial charge in [0.1, 0.15) is 11.5 Å². The Morgan fingerprint density at radius 2 is 1.55 bits per heavy atom. The van der Waals surface area contributed by atoms with Crippen LogP contribution < -0.4 is 4.74 Å². The Hall–Kier alpha value is -2.90. The molecule has 1 aliphatic rings. The molecule has 5 rings (SSSR count). The minimum Gasteiger partial charge on any atom is -0.457 e. The average molecular weight is 463 g/mol. The van der Waals surface area contributed by atoms with Crippen molar-refractivity contribution in [3.63, 3.8) is 0 Å². The minimum atomic E-state index is 0.723. The molecule has 0 radical (unpaired) electrons. The lowest BCUT2D eigenvalue weighted by Crippen LogP contribution is -2.13. The quantitative estimate of drug-likeness (QED) is 0.381. The predicted molar refractivity (Wildman–Crippen MR) is 119 cm³/mol. The maximum atomic E-state index is 5.88. The molecule has 0 saturated carbocycles. The molecule has 0 spiro atoms. The first-order valence-electron chi connectivity index (χ1n) is 9.02. The zero-order chi connectivity index (χ0) is 19.6. The van der Waals surface area contributed by atoms with Gasteiger partial charge >= 0.3 is 0 Å². The van der Waals surface area contributed by atoms with Crippen molar-refractivity contribution in [2.75, 3.05) is 5.75 Å². The molecule has 0 aliphatic carbocycles. The van der Waals surface area contributed by atoms with Gasteiger partial charge in [0.15, 0.2) is 5.82 Å². The van der Waals surface area contributed by atoms with Crippen LogP contribution in [0.25, 0.3) is 11.4 Å². The van der Waals surface area contributed by atoms with Crippen molar-refractivity contribution in [3.8, 4) is 22.9 Å². The first-order chi connectivity index (χ1) is 14.3. The highest BCUT2D eigenvalue weighted by molar-refractivity contribution is 9.10. The van der Waals surface area contributed by atoms with Crippen molar-refractivity contribution in [3.05, 3.63) is 88.9 Å². The molecule has 29 heavy (non-hydrogen) atoms. The standard InChI is InChI=1S/C22H15BrN4OS/c23-19-9-5-4-8-18(19)21-24-25-22-27(21)26-20(14-29-22)15-10-12-17(13-11-15)28-16-6-2-1-3-7-16/h1-13H,14H2. The van der Waals surface area contributed by atoms with E-state index in [2.05, 4.69) is 26.1 Å². The van der Waals surface area contributed by atoms with Crippen LogP contribution in [-0.4, -0.2) is 26.3 Å². The van der Waals surface area contributed by atoms with Gasteiger partial charge < -0.3 is 4.74 Å². The van der Waals surface area contributed by atoms with Gasteiger partial charge in [-0.2, -0.15) is 9.78 Å². The minimum absolute atomic E-state index is 0.723. The molecular weight excluding hydrogens is 448 g/mol. The highest BCUT2D eigenvalue weighted by atomic mass is 79.9. The van der Waals surface area contributed by atoms with Crippen molar-refractivity contribution in [2.45, 2.75) is 5.16 Å². The molecule has 0 unspecified atom stereocenters. The van der Waals surface area contributed by atoms with E-state index < -0.39 is 0 Å². The second-order valence-electron chi connectivity index (χ2n) is 6.37. The molecule has 1 aromatic heterocycles. The van der Waals surface area contributed by atoms with Crippen molar-refractivity contribution in [1.82, 2.24) is 14.9 Å². The van der Waals surface area contributed by atoms with Crippen LogP contribution in [-0.2, 0) is 0 Å². The van der Waals surface area contributed by atoms with E-state index in [4.69, 9.17) is 9.84 Å². The van der Waals surface area contributed by atoms with Crippen LogP contribution in [0.1, 0.15) is 5.56 Å². The SMILES string of the molecule is Brc1ccccc1-c1nnc2n1N=C(c1ccc(Oc3ccccc3)cc1)CS2. The van der Waals surface area contributed by atoms with E-state index in [0.29, 0.717) is 0 Å². The monoisotopic (exact) mass is 462 g/mol. The third-order valence-corrected chi connectivity index (χ3v) is 6.07. The summed E-state index contributed by atoms with van der Waals surface area (Å²) in [4.78, 5) is 0. The maximum Gasteiger partial charge on any atom is 0.212 e. The zero-order valence-corrected chi connectivity index (χ0v) is 17.6. The number of thioether (sulfide) groups is 1. The lowest BCUT2D eigenvalue weighted by molar-refractivity contribution is 0.482. The van der Waals surface area contributed by atoms with E-state index in [-0.39, 0.29) is 0 Å². The fourth-order valence-corrected chi connectivity index (χ4v) is 4.32. The lowest BCUT2D eigenvalue weighted by atomic mass is 10.1. The summed E-state index contributed by atoms with van der Waals surface area (Å²) in [5, 5.41) is 14.3. The molecule has 0 amide bonds. The molecular formula is C22H15BrN4OS. The molecule has 7 heteroatoms. The molecule has 0 fully saturated rings. The van der Waals surface area contributed by atoms with Crippen molar-refractivity contribution >= 4 is 33.4 Å². The third kappa shape index (κ3) is 3.71. The number of rotatable bonds is 4. The Kier molecular flexibility index (Phi) is 4.91. The van der Waals surface area contributed by atoms with Crippen LogP contribution in [0.4, 0.5) is 0 Å². The first kappa shape index (κ1) is 18.1. The number of halogens is 1. The molecule has 0 bridgehead atoms. The summed E-state index contributed by atoms with van der Waals surface area (Å²) in [7, 11) is 0. The van der Waals surface area contributed by atoms with Gasteiger partial charge in [0.05, 0.1) is 5.71 Å². The van der Waals surface area contributed by atoms with Crippen LogP contribution in [0.5, 0.6) is 11.5 Å². The fraction of sp³-hybridized carbons (Fsp3) is 0.0455. The number of benzene rings is 3. The normalized spacial score (nSPS) is 12.9. The van der Waals surface area contributed by atoms with Gasteiger partial charge in [-0.25, -0.2) is 0 Å². The summed E-state index contributed by atoms with van der Waals surface area (Å²) >= 11 is 5.22. The van der Waals surface area contributed by atoms with Crippen molar-refractivity contribution < 1.29 is 4.74 Å². The van der Waals surface area contributed by atoms with Crippen LogP contribution in [0.2, 0.25) is 0 Å². The Bertz CT molecular complexity index is 1190. The number of ether oxygens (including phenoxy) is 1. The molecule has 2 heterocycles. The average Bonchev–Trinajstić information content (AvgIpc) is 3.18. The van der Waals surface area contributed by atoms with E-state index >= 15 is 0 Å². The van der Waals surface area contributed by atoms with Gasteiger partial charge in [0, 0.05) is 15.8 Å². The summed E-state index contributed by atoms with van der Waals surface area (Å²) in [5.74, 6) is 3.08. The number of hydrogen-bond donors (Lipinski definition) is 0. The van der Waals surface area contributed by atoms with E-state index in [1.165, 1.54) is 0 Å². The van der Waals surface area contributed by atoms with Gasteiger partial charge in [-0.1, -0.05) is 58.0 Å². The molecule has 142 valence electrons. The number of fused-ring (bicyclic) bond motifs is 1. The summed E-state index contributed by atoms with van der Waals surface area (Å²) in [6.07, 6.45) is 0. The lowest BCUT2D eigenvalue weighted by Gasteiger charge is -2.14. The zero-order valence-electron chi connectivity index (χ0n) is 15.2. The molecule has 0 saturated heterocycles. The van der Waals surface area contributed by atoms with Gasteiger partial charge in [-0.05, 0) is 54.1 Å². The molecule has 0 atom stereocenters. The highest BCUT2D eigenvalue weighted by Gasteiger charge is 2.21. The topological polar surface area (TPSA) is 52.3 Å². The van der Waals surface area contributed by atoms with E-state index in [1.54, 1.807) is 11.8 Å². The largest absolute Gasteiger partial charge is 0.457 e. The summed E-state index contributed by atoms with van der Waals surface area (Å²) in [6, 6.07) is 25.7. The Labute approximate surface area is 180 Å². The number of para-hydroxylation sites is 1. The van der Waals surface area contributed by atoms with Crippen LogP contribution in [0, 0.1) is 0 Å². The highest BCUT2D eigenvalue weighted by Crippen LogP contribution is 2.32. The van der Waals surface area contributed by atoms with Gasteiger partial charge in [-0.15, -0.1) is 10.2 Å². The molecule has 3 aromatic carbocycles. The second-order valence-corrected chi connectivity index (χ2v) is 8.17. The smallest absolute Gasteiger partial charge is 0.212 e. The van der Waals surface area contributed by atoms with E-state index in [1.807, 2.05) is 83.5 Å². The molecule has 4 aromatic rings. The van der Waals surface area contributed by atoms with Crippen molar-refractivity contribution in [1.29, 1.82) is 0 Å². The van der Waals surface area contributed by atoms with Crippen LogP contribution >= 0.6 is 27.7 Å². The summed E-state index contributed by atoms with van der Waals surface area (Å²) in [6.45, 7) is 0. The first-order valence-corrected chi connectivity index (χ1v) is 10.8. The van der Waals surface area contributed by atoms with E-state index in [0.717, 1.165) is 49.5 Å². The molecule has 1 aliphatic heterocycles. The van der Waals surface area contributed by atoms with E-state index in [9.17, 15) is 0 Å². The van der Waals surface area contributed by atoms with Crippen molar-refractivity contribution in [2.24, 2.45) is 5.10 Å². The van der Waals surface area contributed by atoms with Crippen LogP contribution in [0.3, 0.4) is 0 Å². The Balaban J connectivity index is 1.44. The van der Waals surface area contributed by atoms with Gasteiger partial charge in [0.2, 0.25) is 5.16 Å². The fourth-order valence-electron chi connectivity index (χ4n) is 3.02. The maximum absolute atomic E-state index is 5.88. The Morgan fingerprint density at radius 1 is 0.828 bits per heavy atom. The predicted octanol–water partition coefficient (Wildman–Crippen LogP) is 5.86. The number of nitrogens with zero attached hydrogens (tertiary/aromatic N) is 4. The third-order valence-electron chi connectivity index (χ3n) is 4.45. The summed E-state index contributed by atoms with van der Waals surface area (Å²) < 4.78 is 8.66. The number of hydrogen-bond acceptors (Lipinski definition) is 5. The Morgan fingerprint density at radius 3 is 2.34 bits per heavy atom. The van der Waals surface area contributed by atoms with Crippen LogP contribution in [0.15, 0.2) is 93.6 Å².